The first-order valence-electron chi connectivity index (χ1n) is 7.00. The van der Waals surface area contributed by atoms with Crippen molar-refractivity contribution in [2.75, 3.05) is 0 Å². The van der Waals surface area contributed by atoms with E-state index in [2.05, 4.69) is 11.4 Å². The van der Waals surface area contributed by atoms with Crippen molar-refractivity contribution in [2.45, 2.75) is 52.0 Å². The number of carbonyl (C=O) groups is 2. The molecule has 0 bridgehead atoms. The number of amides is 1. The molecule has 0 radical (unpaired) electrons. The molecule has 1 N–H and O–H groups in total. The molecule has 1 aliphatic carbocycles. The van der Waals surface area contributed by atoms with Gasteiger partial charge in [0.05, 0.1) is 0 Å². The van der Waals surface area contributed by atoms with Crippen LogP contribution in [0.3, 0.4) is 0 Å². The van der Waals surface area contributed by atoms with Crippen molar-refractivity contribution in [2.24, 2.45) is 0 Å². The molecule has 1 aliphatic rings. The molecule has 1 aromatic rings. The zero-order chi connectivity index (χ0) is 13.8. The van der Waals surface area contributed by atoms with Gasteiger partial charge in [-0.05, 0) is 50.3 Å². The van der Waals surface area contributed by atoms with Crippen LogP contribution in [0.1, 0.15) is 54.6 Å². The van der Waals surface area contributed by atoms with Gasteiger partial charge in [-0.1, -0.05) is 12.1 Å². The Kier molecular flexibility index (Phi) is 4.35. The number of benzene rings is 1. The highest BCUT2D eigenvalue weighted by atomic mass is 16.2. The average molecular weight is 259 g/mol. The summed E-state index contributed by atoms with van der Waals surface area (Å²) in [6.07, 6.45) is 3.94. The van der Waals surface area contributed by atoms with Crippen LogP contribution in [0.2, 0.25) is 0 Å². The van der Waals surface area contributed by atoms with E-state index in [1.807, 2.05) is 26.0 Å². The Morgan fingerprint density at radius 3 is 2.63 bits per heavy atom. The predicted molar refractivity (Wildman–Crippen MR) is 75.3 cm³/mol. The number of Topliss-reactive ketones (excluding diaryl/α,β-unsaturated/α-hetero) is 1. The number of fused-ring (bicyclic) bond motifs is 1. The highest BCUT2D eigenvalue weighted by Crippen LogP contribution is 2.23. The molecule has 3 heteroatoms. The van der Waals surface area contributed by atoms with Crippen LogP contribution in [0, 0.1) is 0 Å². The summed E-state index contributed by atoms with van der Waals surface area (Å²) in [6, 6.07) is 6.09. The topological polar surface area (TPSA) is 46.2 Å². The van der Waals surface area contributed by atoms with Gasteiger partial charge in [0.25, 0.3) is 0 Å². The van der Waals surface area contributed by atoms with E-state index in [0.29, 0.717) is 0 Å². The molecule has 0 saturated heterocycles. The predicted octanol–water partition coefficient (Wildman–Crippen LogP) is 2.66. The molecule has 1 aromatic carbocycles. The van der Waals surface area contributed by atoms with Gasteiger partial charge in [0.15, 0.2) is 5.78 Å². The number of nitrogens with one attached hydrogen (secondary N) is 1. The van der Waals surface area contributed by atoms with Crippen LogP contribution in [0.4, 0.5) is 0 Å². The maximum atomic E-state index is 12.1. The van der Waals surface area contributed by atoms with Crippen molar-refractivity contribution >= 4 is 11.7 Å². The third-order valence-electron chi connectivity index (χ3n) is 3.45. The summed E-state index contributed by atoms with van der Waals surface area (Å²) < 4.78 is 0. The van der Waals surface area contributed by atoms with Crippen LogP contribution in [0.25, 0.3) is 0 Å². The van der Waals surface area contributed by atoms with Crippen molar-refractivity contribution in [3.8, 4) is 0 Å². The number of aryl methyl sites for hydroxylation is 2. The van der Waals surface area contributed by atoms with E-state index in [9.17, 15) is 9.59 Å². The summed E-state index contributed by atoms with van der Waals surface area (Å²) in [5.41, 5.74) is 3.42. The Bertz CT molecular complexity index is 492. The fourth-order valence-electron chi connectivity index (χ4n) is 2.51. The largest absolute Gasteiger partial charge is 0.354 e. The minimum atomic E-state index is -0.0514. The SMILES string of the molecule is CC(C)NC(=O)CCC(=O)c1ccc2c(c1)CCC2. The van der Waals surface area contributed by atoms with Gasteiger partial charge in [-0.25, -0.2) is 0 Å². The van der Waals surface area contributed by atoms with Crippen LogP contribution in [-0.4, -0.2) is 17.7 Å². The molecule has 1 amide bonds. The zero-order valence-electron chi connectivity index (χ0n) is 11.7. The zero-order valence-corrected chi connectivity index (χ0v) is 11.7. The normalized spacial score (nSPS) is 13.4. The minimum Gasteiger partial charge on any atom is -0.354 e. The number of hydrogen-bond acceptors (Lipinski definition) is 2. The monoisotopic (exact) mass is 259 g/mol. The van der Waals surface area contributed by atoms with Gasteiger partial charge < -0.3 is 5.32 Å². The van der Waals surface area contributed by atoms with Crippen LogP contribution >= 0.6 is 0 Å². The lowest BCUT2D eigenvalue weighted by Crippen LogP contribution is -2.30. The van der Waals surface area contributed by atoms with E-state index in [1.54, 1.807) is 0 Å². The second kappa shape index (κ2) is 6.00. The molecule has 0 atom stereocenters. The van der Waals surface area contributed by atoms with Crippen molar-refractivity contribution in [1.82, 2.24) is 5.32 Å². The molecule has 19 heavy (non-hydrogen) atoms. The standard InChI is InChI=1S/C16H21NO2/c1-11(2)17-16(19)9-8-15(18)14-7-6-12-4-3-5-13(12)10-14/h6-7,10-11H,3-5,8-9H2,1-2H3,(H,17,19). The second-order valence-electron chi connectivity index (χ2n) is 5.48. The quantitative estimate of drug-likeness (QED) is 0.826. The molecule has 0 spiro atoms. The van der Waals surface area contributed by atoms with E-state index in [4.69, 9.17) is 0 Å². The fourth-order valence-corrected chi connectivity index (χ4v) is 2.51. The van der Waals surface area contributed by atoms with E-state index in [0.717, 1.165) is 18.4 Å². The third-order valence-corrected chi connectivity index (χ3v) is 3.45. The molecule has 2 rings (SSSR count). The summed E-state index contributed by atoms with van der Waals surface area (Å²) >= 11 is 0. The average Bonchev–Trinajstić information content (AvgIpc) is 2.82. The van der Waals surface area contributed by atoms with Crippen LogP contribution < -0.4 is 5.32 Å². The Labute approximate surface area is 114 Å². The smallest absolute Gasteiger partial charge is 0.220 e. The van der Waals surface area contributed by atoms with Gasteiger partial charge in [0, 0.05) is 24.4 Å². The first-order chi connectivity index (χ1) is 9.06. The molecule has 3 nitrogen and oxygen atoms in total. The first kappa shape index (κ1) is 13.8. The van der Waals surface area contributed by atoms with Crippen molar-refractivity contribution in [1.29, 1.82) is 0 Å². The molecule has 0 heterocycles. The lowest BCUT2D eigenvalue weighted by atomic mass is 10.0. The van der Waals surface area contributed by atoms with E-state index < -0.39 is 0 Å². The van der Waals surface area contributed by atoms with Gasteiger partial charge >= 0.3 is 0 Å². The Hall–Kier alpha value is -1.64. The number of hydrogen-bond donors (Lipinski definition) is 1. The second-order valence-corrected chi connectivity index (χ2v) is 5.48. The molecular formula is C16H21NO2. The summed E-state index contributed by atoms with van der Waals surface area (Å²) in [5, 5.41) is 2.80. The van der Waals surface area contributed by atoms with Gasteiger partial charge in [0.2, 0.25) is 5.91 Å². The van der Waals surface area contributed by atoms with Crippen molar-refractivity contribution in [3.63, 3.8) is 0 Å². The van der Waals surface area contributed by atoms with Gasteiger partial charge in [-0.2, -0.15) is 0 Å². The first-order valence-corrected chi connectivity index (χ1v) is 7.00. The Balaban J connectivity index is 1.91. The Morgan fingerprint density at radius 1 is 1.16 bits per heavy atom. The number of rotatable bonds is 5. The summed E-state index contributed by atoms with van der Waals surface area (Å²) in [6.45, 7) is 3.83. The number of carbonyl (C=O) groups excluding carboxylic acids is 2. The molecule has 0 unspecified atom stereocenters. The molecular weight excluding hydrogens is 238 g/mol. The highest BCUT2D eigenvalue weighted by molar-refractivity contribution is 5.98. The van der Waals surface area contributed by atoms with Crippen LogP contribution in [-0.2, 0) is 17.6 Å². The van der Waals surface area contributed by atoms with Crippen LogP contribution in [0.5, 0.6) is 0 Å². The molecule has 0 fully saturated rings. The summed E-state index contributed by atoms with van der Waals surface area (Å²) in [7, 11) is 0. The molecule has 0 aliphatic heterocycles. The van der Waals surface area contributed by atoms with Crippen molar-refractivity contribution < 1.29 is 9.59 Å². The summed E-state index contributed by atoms with van der Waals surface area (Å²) in [4.78, 5) is 23.6. The molecule has 102 valence electrons. The van der Waals surface area contributed by atoms with Gasteiger partial charge in [0.1, 0.15) is 0 Å². The molecule has 0 saturated carbocycles. The van der Waals surface area contributed by atoms with Crippen LogP contribution in [0.15, 0.2) is 18.2 Å². The number of ketones is 1. The third kappa shape index (κ3) is 3.66. The Morgan fingerprint density at radius 2 is 1.89 bits per heavy atom. The fraction of sp³-hybridized carbons (Fsp3) is 0.500. The highest BCUT2D eigenvalue weighted by Gasteiger charge is 2.14. The maximum Gasteiger partial charge on any atom is 0.220 e. The minimum absolute atomic E-state index is 0.0514. The lowest BCUT2D eigenvalue weighted by Gasteiger charge is -2.08. The van der Waals surface area contributed by atoms with E-state index in [1.165, 1.54) is 17.5 Å². The lowest BCUT2D eigenvalue weighted by molar-refractivity contribution is -0.121. The van der Waals surface area contributed by atoms with Gasteiger partial charge in [-0.3, -0.25) is 9.59 Å². The van der Waals surface area contributed by atoms with E-state index in [-0.39, 0.29) is 30.6 Å². The van der Waals surface area contributed by atoms with E-state index >= 15 is 0 Å². The van der Waals surface area contributed by atoms with Crippen molar-refractivity contribution in [3.05, 3.63) is 34.9 Å². The molecule has 0 aromatic heterocycles. The summed E-state index contributed by atoms with van der Waals surface area (Å²) in [5.74, 6) is 0.0121. The van der Waals surface area contributed by atoms with Gasteiger partial charge in [-0.15, -0.1) is 0 Å². The maximum absolute atomic E-state index is 12.1.